The van der Waals surface area contributed by atoms with E-state index in [4.69, 9.17) is 9.47 Å². The third kappa shape index (κ3) is 10.9. The molecule has 5 rings (SSSR count). The molecule has 0 saturated carbocycles. The minimum Gasteiger partial charge on any atom is -0.469 e. The molecule has 54 heavy (non-hydrogen) atoms. The lowest BCUT2D eigenvalue weighted by Gasteiger charge is -2.43. The molecule has 15 nitrogen and oxygen atoms in total. The second kappa shape index (κ2) is 19.0. The number of rotatable bonds is 15. The fraction of sp³-hybridized carbons (Fsp3) is 0.359. The number of carbonyl (C=O) groups excluding carboxylic acids is 7. The molecule has 15 heteroatoms. The summed E-state index contributed by atoms with van der Waals surface area (Å²) in [6, 6.07) is 20.6. The van der Waals surface area contributed by atoms with Crippen LogP contribution in [0.4, 0.5) is 10.5 Å². The summed E-state index contributed by atoms with van der Waals surface area (Å²) in [6.45, 7) is -0.431. The van der Waals surface area contributed by atoms with E-state index in [2.05, 4.69) is 20.7 Å². The normalized spacial score (nSPS) is 17.3. The van der Waals surface area contributed by atoms with Crippen LogP contribution in [-0.4, -0.2) is 89.9 Å². The summed E-state index contributed by atoms with van der Waals surface area (Å²) in [7, 11) is 1.24. The zero-order valence-corrected chi connectivity index (χ0v) is 29.9. The quantitative estimate of drug-likeness (QED) is 0.194. The number of anilines is 1. The van der Waals surface area contributed by atoms with E-state index < -0.39 is 60.3 Å². The summed E-state index contributed by atoms with van der Waals surface area (Å²) < 4.78 is 15.5. The van der Waals surface area contributed by atoms with Gasteiger partial charge in [-0.05, 0) is 74.1 Å². The number of amides is 5. The van der Waals surface area contributed by atoms with Gasteiger partial charge in [-0.15, -0.1) is 0 Å². The van der Waals surface area contributed by atoms with Gasteiger partial charge in [-0.25, -0.2) is 9.80 Å². The van der Waals surface area contributed by atoms with Crippen LogP contribution in [0.3, 0.4) is 0 Å². The van der Waals surface area contributed by atoms with Gasteiger partial charge < -0.3 is 30.2 Å². The number of ether oxygens (including phenoxy) is 3. The number of hydrazine groups is 1. The van der Waals surface area contributed by atoms with E-state index in [0.717, 1.165) is 10.6 Å². The third-order valence-electron chi connectivity index (χ3n) is 8.91. The molecule has 0 aromatic heterocycles. The van der Waals surface area contributed by atoms with Crippen LogP contribution in [0.5, 0.6) is 11.5 Å². The van der Waals surface area contributed by atoms with Crippen LogP contribution in [-0.2, 0) is 44.7 Å². The molecule has 0 radical (unpaired) electrons. The lowest BCUT2D eigenvalue weighted by atomic mass is 10.0. The fourth-order valence-corrected chi connectivity index (χ4v) is 6.13. The first-order valence-corrected chi connectivity index (χ1v) is 17.7. The first-order valence-electron chi connectivity index (χ1n) is 17.7. The summed E-state index contributed by atoms with van der Waals surface area (Å²) in [5.41, 5.74) is 1.16. The average molecular weight is 742 g/mol. The van der Waals surface area contributed by atoms with Crippen LogP contribution < -0.4 is 20.7 Å². The molecule has 3 aromatic rings. The van der Waals surface area contributed by atoms with Crippen molar-refractivity contribution in [3.63, 3.8) is 0 Å². The third-order valence-corrected chi connectivity index (χ3v) is 8.91. The number of para-hydroxylation sites is 1. The van der Waals surface area contributed by atoms with Gasteiger partial charge in [-0.3, -0.25) is 33.8 Å². The van der Waals surface area contributed by atoms with E-state index in [1.54, 1.807) is 54.6 Å². The summed E-state index contributed by atoms with van der Waals surface area (Å²) in [4.78, 5) is 91.3. The predicted molar refractivity (Wildman–Crippen MR) is 194 cm³/mol. The van der Waals surface area contributed by atoms with Crippen molar-refractivity contribution in [3.8, 4) is 11.5 Å². The molecule has 0 aliphatic carbocycles. The van der Waals surface area contributed by atoms with E-state index in [1.807, 2.05) is 30.3 Å². The molecule has 2 heterocycles. The molecule has 2 saturated heterocycles. The number of urea groups is 1. The van der Waals surface area contributed by atoms with Gasteiger partial charge in [0.25, 0.3) is 5.91 Å². The number of esters is 2. The number of methoxy groups -OCH3 is 1. The van der Waals surface area contributed by atoms with E-state index in [9.17, 15) is 33.6 Å². The maximum Gasteiger partial charge on any atom is 0.319 e. The van der Waals surface area contributed by atoms with Crippen LogP contribution >= 0.6 is 0 Å². The first kappa shape index (κ1) is 39.0. The highest BCUT2D eigenvalue weighted by Gasteiger charge is 2.45. The van der Waals surface area contributed by atoms with Gasteiger partial charge in [0.2, 0.25) is 11.8 Å². The molecule has 2 fully saturated rings. The van der Waals surface area contributed by atoms with Crippen molar-refractivity contribution >= 4 is 47.2 Å². The fourth-order valence-electron chi connectivity index (χ4n) is 6.13. The highest BCUT2D eigenvalue weighted by atomic mass is 16.5. The smallest absolute Gasteiger partial charge is 0.319 e. The summed E-state index contributed by atoms with van der Waals surface area (Å²) >= 11 is 0. The Hall–Kier alpha value is -6.25. The average Bonchev–Trinajstić information content (AvgIpc) is 3.30. The van der Waals surface area contributed by atoms with E-state index >= 15 is 0 Å². The molecule has 0 unspecified atom stereocenters. The molecule has 5 amide bonds. The Morgan fingerprint density at radius 3 is 2.20 bits per heavy atom. The van der Waals surface area contributed by atoms with Crippen molar-refractivity contribution in [1.29, 1.82) is 0 Å². The number of nitrogens with one attached hydrogen (secondary N) is 3. The van der Waals surface area contributed by atoms with Crippen LogP contribution in [0.15, 0.2) is 84.9 Å². The molecule has 0 bridgehead atoms. The number of hydrogen-bond acceptors (Lipinski definition) is 10. The Morgan fingerprint density at radius 2 is 1.50 bits per heavy atom. The lowest BCUT2D eigenvalue weighted by Crippen LogP contribution is -2.64. The Morgan fingerprint density at radius 1 is 0.833 bits per heavy atom. The number of fused-ring (bicyclic) bond motifs is 1. The van der Waals surface area contributed by atoms with Crippen LogP contribution in [0, 0.1) is 0 Å². The topological polar surface area (TPSA) is 190 Å². The van der Waals surface area contributed by atoms with Crippen molar-refractivity contribution < 1.29 is 47.8 Å². The largest absolute Gasteiger partial charge is 0.469 e. The lowest BCUT2D eigenvalue weighted by molar-refractivity contribution is -0.176. The Labute approximate surface area is 312 Å². The minimum absolute atomic E-state index is 0.0103. The number of Topliss-reactive ketones (excluding diaryl/α,β-unsaturated/α-hetero) is 1. The van der Waals surface area contributed by atoms with Gasteiger partial charge in [0.1, 0.15) is 23.6 Å². The maximum absolute atomic E-state index is 14.0. The van der Waals surface area contributed by atoms with Crippen LogP contribution in [0.2, 0.25) is 0 Å². The molecule has 3 aromatic carbocycles. The first-order chi connectivity index (χ1) is 26.1. The minimum atomic E-state index is -1.16. The Balaban J connectivity index is 1.23. The summed E-state index contributed by atoms with van der Waals surface area (Å²) in [5.74, 6) is -2.24. The number of ketones is 1. The zero-order chi connectivity index (χ0) is 38.5. The summed E-state index contributed by atoms with van der Waals surface area (Å²) in [6.07, 6.45) is 0.727. The number of benzene rings is 3. The second-order valence-electron chi connectivity index (χ2n) is 12.8. The molecule has 2 aliphatic rings. The van der Waals surface area contributed by atoms with Crippen molar-refractivity contribution in [3.05, 3.63) is 90.5 Å². The summed E-state index contributed by atoms with van der Waals surface area (Å²) in [5, 5.41) is 10.4. The van der Waals surface area contributed by atoms with E-state index in [-0.39, 0.29) is 57.4 Å². The van der Waals surface area contributed by atoms with Gasteiger partial charge in [0, 0.05) is 31.5 Å². The van der Waals surface area contributed by atoms with Crippen molar-refractivity contribution in [2.75, 3.05) is 25.6 Å². The maximum atomic E-state index is 14.0. The van der Waals surface area contributed by atoms with Gasteiger partial charge in [0.05, 0.1) is 13.2 Å². The Bertz CT molecular complexity index is 1810. The number of carbonyl (C=O) groups is 7. The molecule has 3 N–H and O–H groups in total. The monoisotopic (exact) mass is 741 g/mol. The zero-order valence-electron chi connectivity index (χ0n) is 29.9. The molecule has 284 valence electrons. The standard InChI is InChI=1S/C39H43N5O10/c1-52-35(47)15-8-16-36(48)53-25-33(45)31(24-26-10-4-2-5-11-26)41-37(49)32-14-9-23-43-34(46)22-21-30(38(50)44(32)43)42-39(51)40-27-17-19-29(20-18-27)54-28-12-6-3-7-13-28/h2-7,10-13,17-20,30-32H,8-9,14-16,21-25H2,1H3,(H,41,49)(H2,40,42,51)/t30-,31-,32-/m0/s1. The molecular formula is C39H43N5O10. The molecule has 0 spiro atoms. The van der Waals surface area contributed by atoms with Gasteiger partial charge in [-0.2, -0.15) is 0 Å². The van der Waals surface area contributed by atoms with Gasteiger partial charge >= 0.3 is 18.0 Å². The Kier molecular flexibility index (Phi) is 13.7. The van der Waals surface area contributed by atoms with E-state index in [0.29, 0.717) is 23.6 Å². The number of nitrogens with zero attached hydrogens (tertiary/aromatic N) is 2. The van der Waals surface area contributed by atoms with Gasteiger partial charge in [0.15, 0.2) is 12.4 Å². The van der Waals surface area contributed by atoms with Crippen molar-refractivity contribution in [2.24, 2.45) is 0 Å². The van der Waals surface area contributed by atoms with E-state index in [1.165, 1.54) is 12.1 Å². The highest BCUT2D eigenvalue weighted by molar-refractivity contribution is 5.98. The predicted octanol–water partition coefficient (Wildman–Crippen LogP) is 3.68. The highest BCUT2D eigenvalue weighted by Crippen LogP contribution is 2.26. The van der Waals surface area contributed by atoms with Crippen molar-refractivity contribution in [1.82, 2.24) is 20.7 Å². The number of hydrogen-bond donors (Lipinski definition) is 3. The van der Waals surface area contributed by atoms with Crippen molar-refractivity contribution in [2.45, 2.75) is 69.5 Å². The second-order valence-corrected chi connectivity index (χ2v) is 12.8. The SMILES string of the molecule is COC(=O)CCCC(=O)OCC(=O)[C@H](Cc1ccccc1)NC(=O)[C@@H]1CCCN2C(=O)CC[C@H](NC(=O)Nc3ccc(Oc4ccccc4)cc3)C(=O)N12. The molecule has 2 aliphatic heterocycles. The van der Waals surface area contributed by atoms with Crippen LogP contribution in [0.1, 0.15) is 50.5 Å². The molecular weight excluding hydrogens is 698 g/mol. The molecule has 3 atom stereocenters. The van der Waals surface area contributed by atoms with Crippen LogP contribution in [0.25, 0.3) is 0 Å². The van der Waals surface area contributed by atoms with Gasteiger partial charge in [-0.1, -0.05) is 48.5 Å².